The molecule has 1 aromatic carbocycles. The molecule has 1 fully saturated rings. The number of rotatable bonds is 9. The molecule has 2 aliphatic rings. The van der Waals surface area contributed by atoms with E-state index < -0.39 is 34.4 Å². The minimum Gasteiger partial charge on any atom is -0.488 e. The summed E-state index contributed by atoms with van der Waals surface area (Å²) < 4.78 is 62.5. The zero-order valence-electron chi connectivity index (χ0n) is 21.7. The fourth-order valence-corrected chi connectivity index (χ4v) is 7.30. The highest BCUT2D eigenvalue weighted by atomic mass is 32.2. The van der Waals surface area contributed by atoms with Crippen molar-refractivity contribution in [3.05, 3.63) is 41.7 Å². The van der Waals surface area contributed by atoms with E-state index in [0.29, 0.717) is 28.4 Å². The number of aromatic nitrogens is 1. The van der Waals surface area contributed by atoms with E-state index in [1.807, 2.05) is 6.26 Å². The van der Waals surface area contributed by atoms with Gasteiger partial charge in [0.15, 0.2) is 5.69 Å². The molecule has 1 saturated carbocycles. The Hall–Kier alpha value is -2.44. The van der Waals surface area contributed by atoms with Crippen LogP contribution in [0.3, 0.4) is 0 Å². The van der Waals surface area contributed by atoms with Crippen molar-refractivity contribution in [2.75, 3.05) is 24.7 Å². The summed E-state index contributed by atoms with van der Waals surface area (Å²) >= 11 is 1.39. The Kier molecular flexibility index (Phi) is 8.53. The summed E-state index contributed by atoms with van der Waals surface area (Å²) in [5.74, 6) is -3.77. The van der Waals surface area contributed by atoms with Crippen molar-refractivity contribution in [2.45, 2.75) is 79.9 Å². The SMILES string of the molecule is CSc1cc2c(cc1OCc1cccnc1C(=O)O)S(=O)(=O)N(C)[C@H](CCC(C)(F)F)CN2C1CCCC1. The fourth-order valence-electron chi connectivity index (χ4n) is 5.18. The zero-order valence-corrected chi connectivity index (χ0v) is 23.3. The molecule has 1 aromatic heterocycles. The molecule has 1 N–H and O–H groups in total. The number of hydrogen-bond acceptors (Lipinski definition) is 7. The standard InChI is InChI=1S/C26H33F2N3O5S2/c1-26(27,28)11-10-19-15-31(18-8-4-5-9-18)20-13-22(37-3)21(14-23(20)38(34,35)30(19)2)36-16-17-7-6-12-29-24(17)25(32)33/h6-7,12-14,18-19H,4-5,8-11,15-16H2,1-3H3,(H,32,33)/t19-/m1/s1. The molecule has 0 saturated heterocycles. The number of anilines is 1. The molecule has 2 heterocycles. The second-order valence-corrected chi connectivity index (χ2v) is 12.8. The van der Waals surface area contributed by atoms with Gasteiger partial charge in [0, 0.05) is 49.9 Å². The summed E-state index contributed by atoms with van der Waals surface area (Å²) in [6, 6.07) is 6.00. The monoisotopic (exact) mass is 569 g/mol. The number of carboxylic acid groups (broad SMARTS) is 1. The first-order chi connectivity index (χ1) is 17.9. The number of carbonyl (C=O) groups is 1. The number of thioether (sulfide) groups is 1. The average Bonchev–Trinajstić information content (AvgIpc) is 3.38. The molecule has 8 nitrogen and oxygen atoms in total. The van der Waals surface area contributed by atoms with E-state index in [2.05, 4.69) is 9.88 Å². The summed E-state index contributed by atoms with van der Waals surface area (Å²) in [6.07, 6.45) is 6.74. The number of nitrogens with zero attached hydrogens (tertiary/aromatic N) is 3. The third-order valence-corrected chi connectivity index (χ3v) is 9.99. The van der Waals surface area contributed by atoms with Gasteiger partial charge < -0.3 is 14.7 Å². The lowest BCUT2D eigenvalue weighted by Crippen LogP contribution is -2.45. The lowest BCUT2D eigenvalue weighted by Gasteiger charge is -2.34. The van der Waals surface area contributed by atoms with Crippen LogP contribution in [0.2, 0.25) is 0 Å². The van der Waals surface area contributed by atoms with Crippen LogP contribution in [0.15, 0.2) is 40.3 Å². The summed E-state index contributed by atoms with van der Waals surface area (Å²) in [5.41, 5.74) is 0.775. The number of likely N-dealkylation sites (N-methyl/N-ethyl adjacent to an activating group) is 1. The highest BCUT2D eigenvalue weighted by Gasteiger charge is 2.40. The van der Waals surface area contributed by atoms with Crippen LogP contribution in [-0.4, -0.2) is 66.6 Å². The van der Waals surface area contributed by atoms with E-state index in [1.165, 1.54) is 35.4 Å². The number of halogens is 2. The maximum Gasteiger partial charge on any atom is 0.354 e. The summed E-state index contributed by atoms with van der Waals surface area (Å²) in [6.45, 7) is 1.07. The van der Waals surface area contributed by atoms with Crippen molar-refractivity contribution >= 4 is 33.4 Å². The Bertz CT molecular complexity index is 1280. The average molecular weight is 570 g/mol. The molecule has 0 unspecified atom stereocenters. The topological polar surface area (TPSA) is 100 Å². The molecule has 12 heteroatoms. The lowest BCUT2D eigenvalue weighted by molar-refractivity contribution is 0.00667. The number of pyridine rings is 1. The number of alkyl halides is 2. The van der Waals surface area contributed by atoms with E-state index in [-0.39, 0.29) is 29.7 Å². The maximum absolute atomic E-state index is 13.9. The molecule has 2 aromatic rings. The molecular formula is C26H33F2N3O5S2. The van der Waals surface area contributed by atoms with Crippen molar-refractivity contribution in [3.63, 3.8) is 0 Å². The molecule has 0 spiro atoms. The molecule has 0 bridgehead atoms. The van der Waals surface area contributed by atoms with E-state index in [9.17, 15) is 27.1 Å². The summed E-state index contributed by atoms with van der Waals surface area (Å²) in [5, 5.41) is 9.44. The van der Waals surface area contributed by atoms with Gasteiger partial charge in [-0.25, -0.2) is 27.0 Å². The normalized spacial score (nSPS) is 20.2. The van der Waals surface area contributed by atoms with Crippen LogP contribution in [0.1, 0.15) is 61.5 Å². The lowest BCUT2D eigenvalue weighted by atomic mass is 10.1. The van der Waals surface area contributed by atoms with Crippen molar-refractivity contribution in [3.8, 4) is 5.75 Å². The van der Waals surface area contributed by atoms with Crippen LogP contribution >= 0.6 is 11.8 Å². The van der Waals surface area contributed by atoms with Gasteiger partial charge in [0.1, 0.15) is 17.3 Å². The van der Waals surface area contributed by atoms with Crippen LogP contribution in [-0.2, 0) is 16.6 Å². The van der Waals surface area contributed by atoms with Gasteiger partial charge in [0.05, 0.1) is 10.6 Å². The second-order valence-electron chi connectivity index (χ2n) is 9.95. The molecule has 1 aliphatic heterocycles. The number of fused-ring (bicyclic) bond motifs is 1. The number of benzene rings is 1. The van der Waals surface area contributed by atoms with Gasteiger partial charge in [0.2, 0.25) is 15.9 Å². The maximum atomic E-state index is 13.9. The molecule has 208 valence electrons. The van der Waals surface area contributed by atoms with Crippen molar-refractivity contribution < 1.29 is 31.8 Å². The Balaban J connectivity index is 1.76. The van der Waals surface area contributed by atoms with Gasteiger partial charge in [0.25, 0.3) is 0 Å². The van der Waals surface area contributed by atoms with Gasteiger partial charge in [-0.2, -0.15) is 4.31 Å². The van der Waals surface area contributed by atoms with Crippen LogP contribution in [0, 0.1) is 0 Å². The fraction of sp³-hybridized carbons (Fsp3) is 0.538. The molecule has 4 rings (SSSR count). The molecule has 0 radical (unpaired) electrons. The van der Waals surface area contributed by atoms with E-state index in [4.69, 9.17) is 4.74 Å². The first-order valence-electron chi connectivity index (χ1n) is 12.6. The van der Waals surface area contributed by atoms with Gasteiger partial charge in [-0.3, -0.25) is 0 Å². The van der Waals surface area contributed by atoms with Gasteiger partial charge >= 0.3 is 5.97 Å². The Morgan fingerprint density at radius 3 is 2.63 bits per heavy atom. The van der Waals surface area contributed by atoms with Crippen LogP contribution in [0.5, 0.6) is 5.75 Å². The number of aromatic carboxylic acids is 1. The Morgan fingerprint density at radius 1 is 1.29 bits per heavy atom. The highest BCUT2D eigenvalue weighted by Crippen LogP contribution is 2.43. The minimum absolute atomic E-state index is 0.0359. The largest absolute Gasteiger partial charge is 0.488 e. The van der Waals surface area contributed by atoms with E-state index in [0.717, 1.165) is 32.6 Å². The van der Waals surface area contributed by atoms with E-state index in [1.54, 1.807) is 18.2 Å². The van der Waals surface area contributed by atoms with Gasteiger partial charge in [-0.05, 0) is 44.6 Å². The Labute approximate surface area is 226 Å². The Morgan fingerprint density at radius 2 is 2.00 bits per heavy atom. The van der Waals surface area contributed by atoms with Crippen molar-refractivity contribution in [1.29, 1.82) is 0 Å². The van der Waals surface area contributed by atoms with Crippen LogP contribution in [0.25, 0.3) is 0 Å². The number of sulfonamides is 1. The third kappa shape index (κ3) is 6.07. The molecular weight excluding hydrogens is 536 g/mol. The second kappa shape index (κ2) is 11.4. The van der Waals surface area contributed by atoms with Crippen molar-refractivity contribution in [2.24, 2.45) is 0 Å². The summed E-state index contributed by atoms with van der Waals surface area (Å²) in [4.78, 5) is 18.3. The third-order valence-electron chi connectivity index (χ3n) is 7.29. The first-order valence-corrected chi connectivity index (χ1v) is 15.2. The number of hydrogen-bond donors (Lipinski definition) is 1. The molecule has 1 atom stereocenters. The summed E-state index contributed by atoms with van der Waals surface area (Å²) in [7, 11) is -2.59. The predicted octanol–water partition coefficient (Wildman–Crippen LogP) is 5.27. The van der Waals surface area contributed by atoms with Crippen molar-refractivity contribution in [1.82, 2.24) is 9.29 Å². The number of carboxylic acids is 1. The van der Waals surface area contributed by atoms with Gasteiger partial charge in [-0.1, -0.05) is 18.9 Å². The smallest absolute Gasteiger partial charge is 0.354 e. The molecule has 1 aliphatic carbocycles. The number of ether oxygens (including phenoxy) is 1. The van der Waals surface area contributed by atoms with Crippen LogP contribution < -0.4 is 9.64 Å². The zero-order chi connectivity index (χ0) is 27.7. The van der Waals surface area contributed by atoms with E-state index >= 15 is 0 Å². The first kappa shape index (κ1) is 28.6. The molecule has 38 heavy (non-hydrogen) atoms. The quantitative estimate of drug-likeness (QED) is 0.408. The highest BCUT2D eigenvalue weighted by molar-refractivity contribution is 7.98. The predicted molar refractivity (Wildman–Crippen MR) is 142 cm³/mol. The minimum atomic E-state index is -4.04. The van der Waals surface area contributed by atoms with Crippen LogP contribution in [0.4, 0.5) is 14.5 Å². The van der Waals surface area contributed by atoms with Gasteiger partial charge in [-0.15, -0.1) is 11.8 Å². The molecule has 0 amide bonds.